The molecule has 3 aromatic rings. The third kappa shape index (κ3) is 2.99. The minimum Gasteiger partial charge on any atom is -0.465 e. The Bertz CT molecular complexity index is 863. The molecule has 3 heterocycles. The smallest absolute Gasteiger partial charge is 0.341 e. The fraction of sp³-hybridized carbons (Fsp3) is 0.267. The third-order valence-electron chi connectivity index (χ3n) is 3.51. The SMILES string of the molecule is COC(=O)c1c(NC(=O)Cc2cn3ccsc3n2)sc(C)c1C. The zero-order valence-electron chi connectivity index (χ0n) is 12.9. The summed E-state index contributed by atoms with van der Waals surface area (Å²) in [4.78, 5) is 30.4. The van der Waals surface area contributed by atoms with E-state index >= 15 is 0 Å². The topological polar surface area (TPSA) is 72.7 Å². The standard InChI is InChI=1S/C15H15N3O3S2/c1-8-9(2)23-13(12(8)14(20)21-3)17-11(19)6-10-7-18-4-5-22-15(18)16-10/h4-5,7H,6H2,1-3H3,(H,17,19). The lowest BCUT2D eigenvalue weighted by Crippen LogP contribution is -2.16. The van der Waals surface area contributed by atoms with Crippen molar-refractivity contribution in [2.24, 2.45) is 0 Å². The first-order chi connectivity index (χ1) is 11.0. The number of fused-ring (bicyclic) bond motifs is 1. The molecule has 3 rings (SSSR count). The van der Waals surface area contributed by atoms with E-state index in [0.717, 1.165) is 15.4 Å². The van der Waals surface area contributed by atoms with Gasteiger partial charge < -0.3 is 10.1 Å². The van der Waals surface area contributed by atoms with Gasteiger partial charge in [-0.15, -0.1) is 22.7 Å². The molecule has 0 fully saturated rings. The quantitative estimate of drug-likeness (QED) is 0.735. The predicted molar refractivity (Wildman–Crippen MR) is 90.5 cm³/mol. The normalized spacial score (nSPS) is 10.9. The van der Waals surface area contributed by atoms with E-state index in [2.05, 4.69) is 10.3 Å². The van der Waals surface area contributed by atoms with Crippen LogP contribution in [0.4, 0.5) is 5.00 Å². The van der Waals surface area contributed by atoms with Crippen LogP contribution in [-0.4, -0.2) is 28.4 Å². The molecule has 8 heteroatoms. The van der Waals surface area contributed by atoms with E-state index in [4.69, 9.17) is 4.74 Å². The molecule has 0 aliphatic carbocycles. The van der Waals surface area contributed by atoms with Gasteiger partial charge in [0.2, 0.25) is 5.91 Å². The van der Waals surface area contributed by atoms with Crippen LogP contribution in [0.2, 0.25) is 0 Å². The van der Waals surface area contributed by atoms with Crippen molar-refractivity contribution in [2.45, 2.75) is 20.3 Å². The highest BCUT2D eigenvalue weighted by molar-refractivity contribution is 7.16. The van der Waals surface area contributed by atoms with Crippen LogP contribution in [0.1, 0.15) is 26.5 Å². The number of aryl methyl sites for hydroxylation is 1. The van der Waals surface area contributed by atoms with E-state index in [-0.39, 0.29) is 12.3 Å². The van der Waals surface area contributed by atoms with Crippen LogP contribution in [0.25, 0.3) is 4.96 Å². The molecule has 0 saturated carbocycles. The summed E-state index contributed by atoms with van der Waals surface area (Å²) in [5, 5.41) is 5.27. The molecule has 1 amide bonds. The average molecular weight is 349 g/mol. The Hall–Kier alpha value is -2.19. The van der Waals surface area contributed by atoms with Gasteiger partial charge >= 0.3 is 5.97 Å². The number of carbonyl (C=O) groups excluding carboxylic acids is 2. The number of nitrogens with one attached hydrogen (secondary N) is 1. The van der Waals surface area contributed by atoms with Crippen molar-refractivity contribution >= 4 is 44.5 Å². The number of aromatic nitrogens is 2. The van der Waals surface area contributed by atoms with Crippen LogP contribution in [0.5, 0.6) is 0 Å². The summed E-state index contributed by atoms with van der Waals surface area (Å²) >= 11 is 2.89. The monoisotopic (exact) mass is 349 g/mol. The van der Waals surface area contributed by atoms with Crippen molar-refractivity contribution in [3.05, 3.63) is 39.5 Å². The number of thiophene rings is 1. The number of rotatable bonds is 4. The van der Waals surface area contributed by atoms with Crippen LogP contribution in [0, 0.1) is 13.8 Å². The van der Waals surface area contributed by atoms with E-state index in [1.54, 1.807) is 0 Å². The maximum absolute atomic E-state index is 12.3. The van der Waals surface area contributed by atoms with Gasteiger partial charge in [0.1, 0.15) is 5.00 Å². The molecule has 0 aliphatic heterocycles. The van der Waals surface area contributed by atoms with E-state index in [1.165, 1.54) is 29.8 Å². The first-order valence-electron chi connectivity index (χ1n) is 6.89. The fourth-order valence-electron chi connectivity index (χ4n) is 2.26. The number of methoxy groups -OCH3 is 1. The summed E-state index contributed by atoms with van der Waals surface area (Å²) in [5.41, 5.74) is 1.95. The van der Waals surface area contributed by atoms with Crippen LogP contribution in [0.3, 0.4) is 0 Å². The molecule has 23 heavy (non-hydrogen) atoms. The number of imidazole rings is 1. The molecule has 0 radical (unpaired) electrons. The Morgan fingerprint density at radius 3 is 2.87 bits per heavy atom. The van der Waals surface area contributed by atoms with Crippen molar-refractivity contribution in [3.63, 3.8) is 0 Å². The molecule has 0 spiro atoms. The molecule has 6 nitrogen and oxygen atoms in total. The van der Waals surface area contributed by atoms with Gasteiger partial charge in [-0.1, -0.05) is 0 Å². The van der Waals surface area contributed by atoms with Gasteiger partial charge in [-0.05, 0) is 19.4 Å². The summed E-state index contributed by atoms with van der Waals surface area (Å²) in [7, 11) is 1.33. The Balaban J connectivity index is 1.78. The molecular weight excluding hydrogens is 334 g/mol. The van der Waals surface area contributed by atoms with Crippen molar-refractivity contribution in [2.75, 3.05) is 12.4 Å². The zero-order chi connectivity index (χ0) is 16.6. The number of anilines is 1. The number of esters is 1. The van der Waals surface area contributed by atoms with E-state index in [1.807, 2.05) is 36.0 Å². The Morgan fingerprint density at radius 2 is 2.17 bits per heavy atom. The lowest BCUT2D eigenvalue weighted by Gasteiger charge is -2.05. The van der Waals surface area contributed by atoms with Gasteiger partial charge in [0, 0.05) is 22.7 Å². The van der Waals surface area contributed by atoms with Gasteiger partial charge in [0.25, 0.3) is 0 Å². The number of thiazole rings is 1. The highest BCUT2D eigenvalue weighted by Crippen LogP contribution is 2.33. The fourth-order valence-corrected chi connectivity index (χ4v) is 4.04. The van der Waals surface area contributed by atoms with Crippen molar-refractivity contribution in [3.8, 4) is 0 Å². The summed E-state index contributed by atoms with van der Waals surface area (Å²) in [6.45, 7) is 3.75. The molecule has 1 N–H and O–H groups in total. The van der Waals surface area contributed by atoms with Crippen LogP contribution < -0.4 is 5.32 Å². The molecule has 120 valence electrons. The average Bonchev–Trinajstić information content (AvgIpc) is 3.13. The first kappa shape index (κ1) is 15.7. The summed E-state index contributed by atoms with van der Waals surface area (Å²) in [6.07, 6.45) is 3.89. The van der Waals surface area contributed by atoms with Gasteiger partial charge in [-0.2, -0.15) is 0 Å². The van der Waals surface area contributed by atoms with E-state index in [0.29, 0.717) is 16.3 Å². The number of amides is 1. The largest absolute Gasteiger partial charge is 0.465 e. The minimum atomic E-state index is -0.440. The number of nitrogens with zero attached hydrogens (tertiary/aromatic N) is 2. The Labute approximate surface area is 140 Å². The number of hydrogen-bond donors (Lipinski definition) is 1. The molecule has 3 aromatic heterocycles. The van der Waals surface area contributed by atoms with Gasteiger partial charge in [0.05, 0.1) is 24.8 Å². The van der Waals surface area contributed by atoms with Crippen LogP contribution in [0.15, 0.2) is 17.8 Å². The molecular formula is C15H15N3O3S2. The second-order valence-electron chi connectivity index (χ2n) is 5.03. The number of carbonyl (C=O) groups is 2. The summed E-state index contributed by atoms with van der Waals surface area (Å²) in [5.74, 6) is -0.646. The van der Waals surface area contributed by atoms with Gasteiger partial charge in [-0.3, -0.25) is 9.20 Å². The van der Waals surface area contributed by atoms with Crippen LogP contribution in [-0.2, 0) is 16.0 Å². The lowest BCUT2D eigenvalue weighted by atomic mass is 10.1. The van der Waals surface area contributed by atoms with E-state index in [9.17, 15) is 9.59 Å². The maximum atomic E-state index is 12.3. The molecule has 0 unspecified atom stereocenters. The molecule has 0 bridgehead atoms. The summed E-state index contributed by atoms with van der Waals surface area (Å²) < 4.78 is 6.68. The van der Waals surface area contributed by atoms with Crippen molar-refractivity contribution in [1.29, 1.82) is 0 Å². The van der Waals surface area contributed by atoms with Gasteiger partial charge in [0.15, 0.2) is 4.96 Å². The molecule has 0 saturated heterocycles. The van der Waals surface area contributed by atoms with Crippen molar-refractivity contribution in [1.82, 2.24) is 9.38 Å². The molecule has 0 aromatic carbocycles. The third-order valence-corrected chi connectivity index (χ3v) is 5.41. The number of ether oxygens (including phenoxy) is 1. The highest BCUT2D eigenvalue weighted by Gasteiger charge is 2.21. The molecule has 0 atom stereocenters. The summed E-state index contributed by atoms with van der Waals surface area (Å²) in [6, 6.07) is 0. The van der Waals surface area contributed by atoms with E-state index < -0.39 is 5.97 Å². The second-order valence-corrected chi connectivity index (χ2v) is 7.13. The molecule has 0 aliphatic rings. The highest BCUT2D eigenvalue weighted by atomic mass is 32.1. The Kier molecular flexibility index (Phi) is 4.18. The second kappa shape index (κ2) is 6.13. The maximum Gasteiger partial charge on any atom is 0.341 e. The number of hydrogen-bond acceptors (Lipinski definition) is 6. The van der Waals surface area contributed by atoms with Gasteiger partial charge in [-0.25, -0.2) is 9.78 Å². The minimum absolute atomic E-state index is 0.158. The van der Waals surface area contributed by atoms with Crippen LogP contribution >= 0.6 is 22.7 Å². The predicted octanol–water partition coefficient (Wildman–Crippen LogP) is 3.04. The first-order valence-corrected chi connectivity index (χ1v) is 8.58. The Morgan fingerprint density at radius 1 is 1.39 bits per heavy atom. The van der Waals surface area contributed by atoms with Crippen molar-refractivity contribution < 1.29 is 14.3 Å². The zero-order valence-corrected chi connectivity index (χ0v) is 14.5. The lowest BCUT2D eigenvalue weighted by molar-refractivity contribution is -0.115.